The molecule has 2 aromatic heterocycles. The number of hydrogen-bond acceptors (Lipinski definition) is 10. The van der Waals surface area contributed by atoms with Crippen LogP contribution in [0.4, 0.5) is 27.2 Å². The summed E-state index contributed by atoms with van der Waals surface area (Å²) >= 11 is 6.28. The van der Waals surface area contributed by atoms with Gasteiger partial charge in [0.1, 0.15) is 16.6 Å². The number of aromatic nitrogens is 3. The zero-order valence-electron chi connectivity index (χ0n) is 19.5. The number of fused-ring (bicyclic) bond motifs is 1. The maximum Gasteiger partial charge on any atom is 0.488 e. The lowest BCUT2D eigenvalue weighted by Crippen LogP contribution is -2.30. The van der Waals surface area contributed by atoms with Crippen LogP contribution in [0.1, 0.15) is 29.7 Å². The molecule has 1 unspecified atom stereocenters. The first kappa shape index (κ1) is 24.9. The number of methoxy groups -OCH3 is 1. The van der Waals surface area contributed by atoms with Crippen molar-refractivity contribution >= 4 is 45.4 Å². The molecule has 1 aliphatic rings. The van der Waals surface area contributed by atoms with Gasteiger partial charge in [-0.3, -0.25) is 4.90 Å². The number of anilines is 4. The highest BCUT2D eigenvalue weighted by Gasteiger charge is 2.23. The number of benzene rings is 1. The van der Waals surface area contributed by atoms with Crippen LogP contribution in [0, 0.1) is 6.92 Å². The molecule has 0 bridgehead atoms. The number of ether oxygens (including phenoxy) is 1. The van der Waals surface area contributed by atoms with E-state index in [0.29, 0.717) is 22.8 Å². The number of halogens is 2. The second-order valence-corrected chi connectivity index (χ2v) is 9.47. The Balaban J connectivity index is 1.60. The average molecular weight is 523 g/mol. The van der Waals surface area contributed by atoms with Crippen LogP contribution in [-0.4, -0.2) is 49.0 Å². The minimum absolute atomic E-state index is 0.232. The predicted molar refractivity (Wildman–Crippen MR) is 131 cm³/mol. The second kappa shape index (κ2) is 9.80. The Hall–Kier alpha value is -3.22. The van der Waals surface area contributed by atoms with E-state index < -0.39 is 10.5 Å². The van der Waals surface area contributed by atoms with E-state index in [1.54, 1.807) is 14.0 Å². The van der Waals surface area contributed by atoms with Crippen molar-refractivity contribution in [3.05, 3.63) is 52.3 Å². The van der Waals surface area contributed by atoms with Gasteiger partial charge in [-0.25, -0.2) is 9.97 Å². The van der Waals surface area contributed by atoms with Gasteiger partial charge in [0.25, 0.3) is 0 Å². The Labute approximate surface area is 207 Å². The van der Waals surface area contributed by atoms with Crippen molar-refractivity contribution in [3.63, 3.8) is 0 Å². The molecule has 2 N–H and O–H groups in total. The minimum Gasteiger partial charge on any atom is -0.495 e. The van der Waals surface area contributed by atoms with Gasteiger partial charge < -0.3 is 19.6 Å². The molecule has 10 nitrogen and oxygen atoms in total. The topological polar surface area (TPSA) is 119 Å². The molecule has 0 aliphatic carbocycles. The number of aryl methyl sites for hydroxylation is 1. The van der Waals surface area contributed by atoms with Gasteiger partial charge >= 0.3 is 10.5 Å². The van der Waals surface area contributed by atoms with Gasteiger partial charge in [-0.05, 0) is 62.2 Å². The van der Waals surface area contributed by atoms with Crippen LogP contribution in [0.15, 0.2) is 30.6 Å². The maximum atomic E-state index is 12.8. The zero-order valence-corrected chi connectivity index (χ0v) is 21.0. The van der Waals surface area contributed by atoms with Gasteiger partial charge in [-0.15, -0.1) is 0 Å². The number of rotatable bonds is 7. The lowest BCUT2D eigenvalue weighted by atomic mass is 9.93. The molecule has 13 heteroatoms. The summed E-state index contributed by atoms with van der Waals surface area (Å²) in [7, 11) is -1.45. The molecule has 1 atom stereocenters. The van der Waals surface area contributed by atoms with E-state index in [-0.39, 0.29) is 28.6 Å². The summed E-state index contributed by atoms with van der Waals surface area (Å²) in [6.45, 7) is 4.77. The number of likely N-dealkylation sites (N-methyl/N-ethyl adjacent to an activating group) is 1. The molecule has 0 saturated heterocycles. The maximum absolute atomic E-state index is 12.8. The summed E-state index contributed by atoms with van der Waals surface area (Å²) in [4.78, 5) is 15.1. The van der Waals surface area contributed by atoms with Crippen molar-refractivity contribution in [3.8, 4) is 11.5 Å². The quantitative estimate of drug-likeness (QED) is 0.430. The van der Waals surface area contributed by atoms with Gasteiger partial charge in [0.05, 0.1) is 25.2 Å². The van der Waals surface area contributed by atoms with Crippen molar-refractivity contribution in [1.29, 1.82) is 0 Å². The van der Waals surface area contributed by atoms with E-state index in [2.05, 4.69) is 48.6 Å². The first-order valence-corrected chi connectivity index (χ1v) is 12.3. The fraction of sp³-hybridized carbons (Fsp3) is 0.318. The Morgan fingerprint density at radius 3 is 2.63 bits per heavy atom. The summed E-state index contributed by atoms with van der Waals surface area (Å²) in [6, 6.07) is 5.65. The summed E-state index contributed by atoms with van der Waals surface area (Å²) in [5.41, 5.74) is 3.63. The monoisotopic (exact) mass is 522 g/mol. The van der Waals surface area contributed by atoms with Crippen LogP contribution in [-0.2, 0) is 16.9 Å². The molecule has 0 spiro atoms. The smallest absolute Gasteiger partial charge is 0.488 e. The Morgan fingerprint density at radius 1 is 1.17 bits per heavy atom. The number of nitrogens with one attached hydrogen (secondary N) is 2. The summed E-state index contributed by atoms with van der Waals surface area (Å²) < 4.78 is 44.0. The molecule has 4 rings (SSSR count). The van der Waals surface area contributed by atoms with E-state index in [1.807, 2.05) is 12.1 Å². The lowest BCUT2D eigenvalue weighted by molar-refractivity contribution is 0.247. The van der Waals surface area contributed by atoms with Crippen molar-refractivity contribution in [1.82, 2.24) is 19.9 Å². The molecular formula is C22H24ClFN6O4S. The molecule has 0 radical (unpaired) electrons. The van der Waals surface area contributed by atoms with E-state index in [9.17, 15) is 12.3 Å². The highest BCUT2D eigenvalue weighted by Crippen LogP contribution is 2.37. The van der Waals surface area contributed by atoms with E-state index in [1.165, 1.54) is 23.4 Å². The van der Waals surface area contributed by atoms with Crippen LogP contribution in [0.25, 0.3) is 0 Å². The molecule has 0 saturated carbocycles. The standard InChI is InChI=1S/C22H24ClFN6O4S/c1-12-7-15(34-35(24,31)32)10-25-20(12)28-21-17(23)11-26-22(29-21)27-18-9-16-13(2)30(3)6-5-14(16)8-19(18)33-4/h7-11,13H,5-6H2,1-4H3,(H2,25,26,27,28,29). The number of pyridine rings is 1. The van der Waals surface area contributed by atoms with Gasteiger partial charge in [0.2, 0.25) is 5.95 Å². The first-order chi connectivity index (χ1) is 16.5. The normalized spacial score (nSPS) is 15.9. The van der Waals surface area contributed by atoms with E-state index in [4.69, 9.17) is 16.3 Å². The van der Waals surface area contributed by atoms with Gasteiger partial charge in [0, 0.05) is 12.6 Å². The van der Waals surface area contributed by atoms with Crippen LogP contribution < -0.4 is 19.6 Å². The summed E-state index contributed by atoms with van der Waals surface area (Å²) in [6.07, 6.45) is 3.44. The Morgan fingerprint density at radius 2 is 1.94 bits per heavy atom. The van der Waals surface area contributed by atoms with Crippen molar-refractivity contribution in [2.45, 2.75) is 26.3 Å². The fourth-order valence-corrected chi connectivity index (χ4v) is 4.29. The molecular weight excluding hydrogens is 499 g/mol. The first-order valence-electron chi connectivity index (χ1n) is 10.6. The highest BCUT2D eigenvalue weighted by atomic mass is 35.5. The van der Waals surface area contributed by atoms with Crippen LogP contribution in [0.5, 0.6) is 11.5 Å². The molecule has 1 aliphatic heterocycles. The third-order valence-corrected chi connectivity index (χ3v) is 6.45. The van der Waals surface area contributed by atoms with E-state index >= 15 is 0 Å². The molecule has 35 heavy (non-hydrogen) atoms. The molecule has 3 aromatic rings. The fourth-order valence-electron chi connectivity index (χ4n) is 3.83. The third-order valence-electron chi connectivity index (χ3n) is 5.78. The van der Waals surface area contributed by atoms with Crippen molar-refractivity contribution < 1.29 is 21.2 Å². The van der Waals surface area contributed by atoms with Gasteiger partial charge in [-0.1, -0.05) is 15.5 Å². The largest absolute Gasteiger partial charge is 0.495 e. The van der Waals surface area contributed by atoms with Crippen molar-refractivity contribution in [2.75, 3.05) is 31.3 Å². The minimum atomic E-state index is -5.15. The SMILES string of the molecule is COc1cc2c(cc1Nc1ncc(Cl)c(Nc3ncc(OS(=O)(=O)F)cc3C)n1)C(C)N(C)CC2. The van der Waals surface area contributed by atoms with Crippen molar-refractivity contribution in [2.24, 2.45) is 0 Å². The molecule has 186 valence electrons. The average Bonchev–Trinajstić information content (AvgIpc) is 2.79. The molecule has 0 fully saturated rings. The Kier molecular flexibility index (Phi) is 6.97. The Bertz CT molecular complexity index is 1370. The molecule has 0 amide bonds. The third kappa shape index (κ3) is 5.72. The zero-order chi connectivity index (χ0) is 25.3. The number of nitrogens with zero attached hydrogens (tertiary/aromatic N) is 4. The predicted octanol–water partition coefficient (Wildman–Crippen LogP) is 4.47. The second-order valence-electron chi connectivity index (χ2n) is 8.11. The molecule has 1 aromatic carbocycles. The van der Waals surface area contributed by atoms with Crippen LogP contribution in [0.2, 0.25) is 5.02 Å². The lowest BCUT2D eigenvalue weighted by Gasteiger charge is -2.33. The van der Waals surface area contributed by atoms with Crippen LogP contribution >= 0.6 is 11.6 Å². The molecule has 3 heterocycles. The number of hydrogen-bond donors (Lipinski definition) is 2. The van der Waals surface area contributed by atoms with Gasteiger partial charge in [-0.2, -0.15) is 13.4 Å². The summed E-state index contributed by atoms with van der Waals surface area (Å²) in [5, 5.41) is 6.41. The van der Waals surface area contributed by atoms with Crippen LogP contribution in [0.3, 0.4) is 0 Å². The van der Waals surface area contributed by atoms with Gasteiger partial charge in [0.15, 0.2) is 11.6 Å². The van der Waals surface area contributed by atoms with E-state index in [0.717, 1.165) is 19.2 Å². The summed E-state index contributed by atoms with van der Waals surface area (Å²) in [5.74, 6) is 1.27. The highest BCUT2D eigenvalue weighted by molar-refractivity contribution is 7.81.